The lowest BCUT2D eigenvalue weighted by Gasteiger charge is -2.19. The Hall–Kier alpha value is -0.890. The molecule has 0 aliphatic heterocycles. The van der Waals surface area contributed by atoms with Crippen LogP contribution in [0, 0.1) is 0 Å². The minimum Gasteiger partial charge on any atom is -0.226 e. The predicted molar refractivity (Wildman–Crippen MR) is 65.7 cm³/mol. The summed E-state index contributed by atoms with van der Waals surface area (Å²) in [4.78, 5) is 29.4. The second-order valence-electron chi connectivity index (χ2n) is 5.27. The van der Waals surface area contributed by atoms with Gasteiger partial charge in [0.1, 0.15) is 0 Å². The molecule has 116 valence electrons. The van der Waals surface area contributed by atoms with Crippen LogP contribution in [-0.2, 0) is 29.6 Å². The minimum atomic E-state index is -1.16. The monoisotopic (exact) mass is 290 g/mol. The van der Waals surface area contributed by atoms with E-state index in [0.717, 1.165) is 51.4 Å². The molecule has 2 fully saturated rings. The third kappa shape index (κ3) is 6.04. The largest absolute Gasteiger partial charge is 0.577 e. The lowest BCUT2D eigenvalue weighted by molar-refractivity contribution is -0.542. The van der Waals surface area contributed by atoms with Crippen molar-refractivity contribution in [3.63, 3.8) is 0 Å². The molecule has 0 heterocycles. The second-order valence-corrected chi connectivity index (χ2v) is 5.27. The fourth-order valence-electron chi connectivity index (χ4n) is 2.54. The molecule has 0 aromatic rings. The van der Waals surface area contributed by atoms with Gasteiger partial charge in [-0.1, -0.05) is 38.5 Å². The third-order valence-electron chi connectivity index (χ3n) is 3.66. The molecule has 0 N–H and O–H groups in total. The summed E-state index contributed by atoms with van der Waals surface area (Å²) in [6, 6.07) is 0. The van der Waals surface area contributed by atoms with Crippen LogP contribution in [0.25, 0.3) is 0 Å². The van der Waals surface area contributed by atoms with E-state index < -0.39 is 6.16 Å². The molecule has 0 amide bonds. The first-order valence-corrected chi connectivity index (χ1v) is 7.38. The van der Waals surface area contributed by atoms with Crippen molar-refractivity contribution in [3.05, 3.63) is 0 Å². The number of hydrogen-bond acceptors (Lipinski definition) is 7. The van der Waals surface area contributed by atoms with Gasteiger partial charge in [0, 0.05) is 0 Å². The van der Waals surface area contributed by atoms with Gasteiger partial charge in [-0.2, -0.15) is 14.6 Å². The maximum Gasteiger partial charge on any atom is 0.577 e. The first kappa shape index (κ1) is 15.5. The van der Waals surface area contributed by atoms with E-state index in [1.165, 1.54) is 12.8 Å². The molecule has 0 saturated heterocycles. The van der Waals surface area contributed by atoms with Crippen molar-refractivity contribution in [2.75, 3.05) is 0 Å². The molecule has 7 nitrogen and oxygen atoms in total. The standard InChI is InChI=1S/C13H22O7/c14-13(17-19-15-11-7-3-1-4-8-11)18-20-16-12-9-5-2-6-10-12/h11-12H,1-10H2. The van der Waals surface area contributed by atoms with Gasteiger partial charge in [0.2, 0.25) is 0 Å². The van der Waals surface area contributed by atoms with Crippen molar-refractivity contribution < 1.29 is 34.4 Å². The first-order chi connectivity index (χ1) is 9.84. The highest BCUT2D eigenvalue weighted by Crippen LogP contribution is 2.21. The Morgan fingerprint density at radius 1 is 0.650 bits per heavy atom. The van der Waals surface area contributed by atoms with Gasteiger partial charge in [0.25, 0.3) is 0 Å². The van der Waals surface area contributed by atoms with Gasteiger partial charge in [0.05, 0.1) is 12.2 Å². The Bertz CT molecular complexity index is 246. The summed E-state index contributed by atoms with van der Waals surface area (Å²) in [5.74, 6) is 0. The van der Waals surface area contributed by atoms with Crippen LogP contribution >= 0.6 is 0 Å². The second kappa shape index (κ2) is 9.12. The lowest BCUT2D eigenvalue weighted by atomic mass is 9.98. The fraction of sp³-hybridized carbons (Fsp3) is 0.923. The zero-order chi connectivity index (χ0) is 14.0. The topological polar surface area (TPSA) is 72.5 Å². The third-order valence-corrected chi connectivity index (χ3v) is 3.66. The summed E-state index contributed by atoms with van der Waals surface area (Å²) in [6.07, 6.45) is 9.17. The number of carbonyl (C=O) groups is 1. The van der Waals surface area contributed by atoms with Crippen LogP contribution in [0.3, 0.4) is 0 Å². The molecule has 0 radical (unpaired) electrons. The van der Waals surface area contributed by atoms with Gasteiger partial charge < -0.3 is 0 Å². The average molecular weight is 290 g/mol. The Balaban J connectivity index is 1.45. The SMILES string of the molecule is O=C(OOOC1CCCCC1)OOOC1CCCCC1. The van der Waals surface area contributed by atoms with Crippen LogP contribution in [0.15, 0.2) is 0 Å². The highest BCUT2D eigenvalue weighted by Gasteiger charge is 2.19. The first-order valence-electron chi connectivity index (χ1n) is 7.38. The molecule has 0 bridgehead atoms. The molecule has 2 rings (SSSR count). The molecule has 2 aliphatic carbocycles. The molecular formula is C13H22O7. The molecule has 20 heavy (non-hydrogen) atoms. The van der Waals surface area contributed by atoms with Gasteiger partial charge in [-0.25, -0.2) is 9.78 Å². The van der Waals surface area contributed by atoms with Crippen molar-refractivity contribution >= 4 is 6.16 Å². The zero-order valence-corrected chi connectivity index (χ0v) is 11.6. The summed E-state index contributed by atoms with van der Waals surface area (Å²) in [5, 5.41) is 8.73. The minimum absolute atomic E-state index is 0.0315. The Morgan fingerprint density at radius 2 is 1.05 bits per heavy atom. The summed E-state index contributed by atoms with van der Waals surface area (Å²) in [7, 11) is 0. The van der Waals surface area contributed by atoms with Crippen LogP contribution in [0.5, 0.6) is 0 Å². The summed E-state index contributed by atoms with van der Waals surface area (Å²) in [5.41, 5.74) is 0. The van der Waals surface area contributed by atoms with Crippen molar-refractivity contribution in [2.24, 2.45) is 0 Å². The van der Waals surface area contributed by atoms with E-state index in [9.17, 15) is 4.79 Å². The van der Waals surface area contributed by atoms with Crippen LogP contribution in [0.4, 0.5) is 4.79 Å². The number of rotatable bonds is 6. The van der Waals surface area contributed by atoms with Crippen molar-refractivity contribution in [3.8, 4) is 0 Å². The van der Waals surface area contributed by atoms with Gasteiger partial charge >= 0.3 is 6.16 Å². The molecule has 2 saturated carbocycles. The fourth-order valence-corrected chi connectivity index (χ4v) is 2.54. The van der Waals surface area contributed by atoms with Gasteiger partial charge in [-0.15, -0.1) is 0 Å². The average Bonchev–Trinajstić information content (AvgIpc) is 2.49. The smallest absolute Gasteiger partial charge is 0.226 e. The van der Waals surface area contributed by atoms with Crippen molar-refractivity contribution in [1.82, 2.24) is 0 Å². The summed E-state index contributed by atoms with van der Waals surface area (Å²) < 4.78 is 0. The number of hydrogen-bond donors (Lipinski definition) is 0. The van der Waals surface area contributed by atoms with Crippen molar-refractivity contribution in [1.29, 1.82) is 0 Å². The van der Waals surface area contributed by atoms with E-state index in [4.69, 9.17) is 9.78 Å². The Morgan fingerprint density at radius 3 is 1.45 bits per heavy atom. The molecule has 0 spiro atoms. The Labute approximate surface area is 118 Å². The van der Waals surface area contributed by atoms with E-state index in [2.05, 4.69) is 19.9 Å². The van der Waals surface area contributed by atoms with Gasteiger partial charge in [-0.05, 0) is 35.8 Å². The van der Waals surface area contributed by atoms with Crippen LogP contribution in [-0.4, -0.2) is 18.4 Å². The van der Waals surface area contributed by atoms with Crippen molar-refractivity contribution in [2.45, 2.75) is 76.4 Å². The highest BCUT2D eigenvalue weighted by molar-refractivity contribution is 5.57. The Kier molecular flexibility index (Phi) is 7.07. The normalized spacial score (nSPS) is 21.6. The maximum absolute atomic E-state index is 11.1. The summed E-state index contributed by atoms with van der Waals surface area (Å²) >= 11 is 0. The summed E-state index contributed by atoms with van der Waals surface area (Å²) in [6.45, 7) is 0. The van der Waals surface area contributed by atoms with Crippen LogP contribution in [0.1, 0.15) is 64.2 Å². The van der Waals surface area contributed by atoms with Crippen LogP contribution < -0.4 is 0 Å². The van der Waals surface area contributed by atoms with E-state index in [1.54, 1.807) is 0 Å². The molecular weight excluding hydrogens is 268 g/mol. The van der Waals surface area contributed by atoms with Gasteiger partial charge in [-0.3, -0.25) is 0 Å². The molecule has 2 aliphatic rings. The lowest BCUT2D eigenvalue weighted by Crippen LogP contribution is -2.20. The number of carbonyl (C=O) groups excluding carboxylic acids is 1. The van der Waals surface area contributed by atoms with Crippen LogP contribution in [0.2, 0.25) is 0 Å². The molecule has 0 aromatic carbocycles. The predicted octanol–water partition coefficient (Wildman–Crippen LogP) is 3.53. The molecule has 0 unspecified atom stereocenters. The molecule has 0 atom stereocenters. The molecule has 7 heteroatoms. The zero-order valence-electron chi connectivity index (χ0n) is 11.6. The highest BCUT2D eigenvalue weighted by atomic mass is 17.6. The van der Waals surface area contributed by atoms with E-state index in [1.807, 2.05) is 0 Å². The molecule has 0 aromatic heterocycles. The quantitative estimate of drug-likeness (QED) is 0.547. The van der Waals surface area contributed by atoms with Gasteiger partial charge in [0.15, 0.2) is 0 Å². The van der Waals surface area contributed by atoms with E-state index in [0.29, 0.717) is 0 Å². The van der Waals surface area contributed by atoms with E-state index in [-0.39, 0.29) is 12.2 Å². The van der Waals surface area contributed by atoms with E-state index >= 15 is 0 Å². The maximum atomic E-state index is 11.1.